The molecule has 1 aromatic carbocycles. The first-order chi connectivity index (χ1) is 13.8. The van der Waals surface area contributed by atoms with Crippen molar-refractivity contribution in [3.63, 3.8) is 0 Å². The van der Waals surface area contributed by atoms with Crippen LogP contribution in [0.1, 0.15) is 56.8 Å². The van der Waals surface area contributed by atoms with E-state index >= 15 is 0 Å². The third kappa shape index (κ3) is 5.59. The second-order valence-electron chi connectivity index (χ2n) is 8.05. The maximum absolute atomic E-state index is 12.4. The Balaban J connectivity index is 1.51. The van der Waals surface area contributed by atoms with Crippen molar-refractivity contribution >= 4 is 40.3 Å². The number of aliphatic imine (C=N–C) groups is 1. The van der Waals surface area contributed by atoms with E-state index in [2.05, 4.69) is 20.5 Å². The maximum atomic E-state index is 12.4. The quantitative estimate of drug-likeness (QED) is 0.744. The highest BCUT2D eigenvalue weighted by Crippen LogP contribution is 2.29. The number of thioether (sulfide) groups is 1. The predicted molar refractivity (Wildman–Crippen MR) is 116 cm³/mol. The second-order valence-corrected chi connectivity index (χ2v) is 9.22. The van der Waals surface area contributed by atoms with Crippen LogP contribution in [0.25, 0.3) is 0 Å². The topological polar surface area (TPSA) is 90.9 Å². The van der Waals surface area contributed by atoms with Crippen LogP contribution in [0.5, 0.6) is 0 Å². The number of amides is 3. The molecule has 2 heterocycles. The van der Waals surface area contributed by atoms with E-state index < -0.39 is 5.25 Å². The van der Waals surface area contributed by atoms with Crippen molar-refractivity contribution in [2.75, 3.05) is 18.4 Å². The Morgan fingerprint density at radius 2 is 1.86 bits per heavy atom. The van der Waals surface area contributed by atoms with E-state index in [9.17, 15) is 14.4 Å². The summed E-state index contributed by atoms with van der Waals surface area (Å²) in [7, 11) is 0. The summed E-state index contributed by atoms with van der Waals surface area (Å²) in [5.74, 6) is -0.620. The highest BCUT2D eigenvalue weighted by atomic mass is 32.2. The van der Waals surface area contributed by atoms with E-state index in [1.165, 1.54) is 11.8 Å². The Hall–Kier alpha value is -2.35. The summed E-state index contributed by atoms with van der Waals surface area (Å²) >= 11 is 1.38. The van der Waals surface area contributed by atoms with Crippen LogP contribution in [-0.2, 0) is 9.59 Å². The Morgan fingerprint density at radius 3 is 2.48 bits per heavy atom. The van der Waals surface area contributed by atoms with Crippen molar-refractivity contribution in [3.8, 4) is 0 Å². The summed E-state index contributed by atoms with van der Waals surface area (Å²) in [6, 6.07) is 6.75. The largest absolute Gasteiger partial charge is 0.351 e. The number of carbonyl (C=O) groups excluding carboxylic acids is 3. The number of hydrogen-bond acceptors (Lipinski definition) is 5. The minimum atomic E-state index is -0.466. The average molecular weight is 417 g/mol. The molecule has 0 aromatic heterocycles. The third-order valence-corrected chi connectivity index (χ3v) is 6.46. The Labute approximate surface area is 175 Å². The molecule has 1 aromatic rings. The Kier molecular flexibility index (Phi) is 6.62. The lowest BCUT2D eigenvalue weighted by molar-refractivity contribution is -0.121. The van der Waals surface area contributed by atoms with Gasteiger partial charge in [0.2, 0.25) is 5.91 Å². The maximum Gasteiger partial charge on any atom is 0.262 e. The van der Waals surface area contributed by atoms with Crippen molar-refractivity contribution in [1.82, 2.24) is 10.2 Å². The fraction of sp³-hybridized carbons (Fsp3) is 0.524. The van der Waals surface area contributed by atoms with E-state index in [1.54, 1.807) is 24.3 Å². The van der Waals surface area contributed by atoms with Gasteiger partial charge >= 0.3 is 0 Å². The smallest absolute Gasteiger partial charge is 0.262 e. The van der Waals surface area contributed by atoms with Gasteiger partial charge in [-0.25, -0.2) is 0 Å². The van der Waals surface area contributed by atoms with Crippen LogP contribution in [0.15, 0.2) is 29.3 Å². The monoisotopic (exact) mass is 416 g/mol. The lowest BCUT2D eigenvalue weighted by Gasteiger charge is -2.24. The van der Waals surface area contributed by atoms with E-state index in [1.807, 2.05) is 20.8 Å². The van der Waals surface area contributed by atoms with Gasteiger partial charge in [0, 0.05) is 36.3 Å². The zero-order valence-corrected chi connectivity index (χ0v) is 18.0. The zero-order chi connectivity index (χ0) is 21.0. The highest BCUT2D eigenvalue weighted by Gasteiger charge is 2.33. The fourth-order valence-corrected chi connectivity index (χ4v) is 4.22. The third-order valence-electron chi connectivity index (χ3n) is 5.24. The summed E-state index contributed by atoms with van der Waals surface area (Å²) in [6.45, 7) is 7.81. The van der Waals surface area contributed by atoms with E-state index in [0.717, 1.165) is 37.5 Å². The number of amidine groups is 1. The standard InChI is InChI=1S/C21H28N4O3S/c1-4-21(2,3)24-18(27)14-7-9-15(10-8-14)22-17(26)13-16-19(28)23-20(29-16)25-11-5-6-12-25/h7-10,16H,4-6,11-13H2,1-3H3,(H,22,26)(H,24,27)/t16-/m0/s1. The molecule has 1 atom stereocenters. The van der Waals surface area contributed by atoms with Gasteiger partial charge in [0.25, 0.3) is 11.8 Å². The van der Waals surface area contributed by atoms with Gasteiger partial charge in [-0.15, -0.1) is 0 Å². The molecule has 2 aliphatic heterocycles. The molecule has 0 bridgehead atoms. The van der Waals surface area contributed by atoms with Crippen molar-refractivity contribution in [2.24, 2.45) is 4.99 Å². The molecular weight excluding hydrogens is 388 g/mol. The van der Waals surface area contributed by atoms with Gasteiger partial charge in [0.05, 0.1) is 0 Å². The molecule has 0 aliphatic carbocycles. The number of carbonyl (C=O) groups is 3. The SMILES string of the molecule is CCC(C)(C)NC(=O)c1ccc(NC(=O)C[C@@H]2SC(N3CCCC3)=NC2=O)cc1. The molecule has 3 rings (SSSR count). The average Bonchev–Trinajstić information content (AvgIpc) is 3.32. The molecular formula is C21H28N4O3S. The van der Waals surface area contributed by atoms with Gasteiger partial charge in [-0.05, 0) is 57.4 Å². The van der Waals surface area contributed by atoms with Crippen LogP contribution in [0.3, 0.4) is 0 Å². The number of nitrogens with one attached hydrogen (secondary N) is 2. The van der Waals surface area contributed by atoms with Gasteiger partial charge < -0.3 is 15.5 Å². The van der Waals surface area contributed by atoms with Gasteiger partial charge in [0.1, 0.15) is 5.25 Å². The van der Waals surface area contributed by atoms with Crippen LogP contribution in [-0.4, -0.2) is 51.7 Å². The summed E-state index contributed by atoms with van der Waals surface area (Å²) in [4.78, 5) is 43.0. The number of nitrogens with zero attached hydrogens (tertiary/aromatic N) is 2. The number of hydrogen-bond donors (Lipinski definition) is 2. The fourth-order valence-electron chi connectivity index (χ4n) is 3.11. The van der Waals surface area contributed by atoms with Gasteiger partial charge in [0.15, 0.2) is 5.17 Å². The first-order valence-corrected chi connectivity index (χ1v) is 10.9. The number of benzene rings is 1. The van der Waals surface area contributed by atoms with E-state index in [0.29, 0.717) is 11.3 Å². The first kappa shape index (κ1) is 21.4. The van der Waals surface area contributed by atoms with Crippen LogP contribution in [0, 0.1) is 0 Å². The molecule has 29 heavy (non-hydrogen) atoms. The van der Waals surface area contributed by atoms with Crippen LogP contribution in [0.2, 0.25) is 0 Å². The van der Waals surface area contributed by atoms with Crippen molar-refractivity contribution in [2.45, 2.75) is 57.2 Å². The lowest BCUT2D eigenvalue weighted by Crippen LogP contribution is -2.42. The van der Waals surface area contributed by atoms with Gasteiger partial charge in [-0.3, -0.25) is 14.4 Å². The molecule has 8 heteroatoms. The van der Waals surface area contributed by atoms with E-state index in [-0.39, 0.29) is 29.7 Å². The molecule has 1 saturated heterocycles. The molecule has 7 nitrogen and oxygen atoms in total. The zero-order valence-electron chi connectivity index (χ0n) is 17.2. The molecule has 2 N–H and O–H groups in total. The van der Waals surface area contributed by atoms with Gasteiger partial charge in [-0.2, -0.15) is 4.99 Å². The summed E-state index contributed by atoms with van der Waals surface area (Å²) in [5.41, 5.74) is 0.859. The number of anilines is 1. The first-order valence-electron chi connectivity index (χ1n) is 10.0. The molecule has 2 aliphatic rings. The Morgan fingerprint density at radius 1 is 1.21 bits per heavy atom. The lowest BCUT2D eigenvalue weighted by atomic mass is 10.0. The van der Waals surface area contributed by atoms with Crippen molar-refractivity contribution in [3.05, 3.63) is 29.8 Å². The van der Waals surface area contributed by atoms with Crippen molar-refractivity contribution < 1.29 is 14.4 Å². The summed E-state index contributed by atoms with van der Waals surface area (Å²) < 4.78 is 0. The normalized spacial score (nSPS) is 19.3. The minimum absolute atomic E-state index is 0.0806. The highest BCUT2D eigenvalue weighted by molar-refractivity contribution is 8.15. The van der Waals surface area contributed by atoms with Gasteiger partial charge in [-0.1, -0.05) is 18.7 Å². The summed E-state index contributed by atoms with van der Waals surface area (Å²) in [6.07, 6.45) is 3.14. The molecule has 0 radical (unpaired) electrons. The molecule has 0 unspecified atom stereocenters. The molecule has 156 valence electrons. The predicted octanol–water partition coefficient (Wildman–Crippen LogP) is 3.03. The number of likely N-dealkylation sites (tertiary alicyclic amines) is 1. The van der Waals surface area contributed by atoms with Crippen LogP contribution in [0.4, 0.5) is 5.69 Å². The van der Waals surface area contributed by atoms with Crippen LogP contribution >= 0.6 is 11.8 Å². The molecule has 1 fully saturated rings. The second kappa shape index (κ2) is 8.98. The molecule has 3 amide bonds. The number of rotatable bonds is 6. The molecule has 0 spiro atoms. The minimum Gasteiger partial charge on any atom is -0.351 e. The molecule has 0 saturated carbocycles. The Bertz CT molecular complexity index is 814. The summed E-state index contributed by atoms with van der Waals surface area (Å²) in [5, 5.41) is 6.06. The van der Waals surface area contributed by atoms with Crippen LogP contribution < -0.4 is 10.6 Å². The van der Waals surface area contributed by atoms with Crippen molar-refractivity contribution in [1.29, 1.82) is 0 Å². The van der Waals surface area contributed by atoms with E-state index in [4.69, 9.17) is 0 Å².